The smallest absolute Gasteiger partial charge is 0.00557 e. The van der Waals surface area contributed by atoms with E-state index in [9.17, 15) is 0 Å². The molecule has 58 valence electrons. The molecule has 0 atom stereocenters. The Morgan fingerprint density at radius 2 is 1.70 bits per heavy atom. The zero-order valence-electron chi connectivity index (χ0n) is 7.62. The highest BCUT2D eigenvalue weighted by Crippen LogP contribution is 2.33. The summed E-state index contributed by atoms with van der Waals surface area (Å²) in [6.07, 6.45) is 1.04. The molecule has 0 radical (unpaired) electrons. The first kappa shape index (κ1) is 9.48. The van der Waals surface area contributed by atoms with Crippen molar-refractivity contribution in [1.82, 2.24) is 0 Å². The van der Waals surface area contributed by atoms with Gasteiger partial charge in [-0.25, -0.2) is 0 Å². The molecule has 0 fully saturated rings. The maximum absolute atomic E-state index is 4.01. The quantitative estimate of drug-likeness (QED) is 0.523. The van der Waals surface area contributed by atoms with Gasteiger partial charge in [0, 0.05) is 5.41 Å². The Balaban J connectivity index is 4.40. The highest BCUT2D eigenvalue weighted by atomic mass is 14.2. The average Bonchev–Trinajstić information content (AvgIpc) is 1.86. The van der Waals surface area contributed by atoms with E-state index >= 15 is 0 Å². The minimum Gasteiger partial charge on any atom is -0.0993 e. The van der Waals surface area contributed by atoms with E-state index in [4.69, 9.17) is 0 Å². The van der Waals surface area contributed by atoms with Gasteiger partial charge in [0.05, 0.1) is 0 Å². The molecule has 0 heterocycles. The molecule has 0 rings (SSSR count). The predicted molar refractivity (Wildman–Crippen MR) is 48.0 cm³/mol. The largest absolute Gasteiger partial charge is 0.0993 e. The van der Waals surface area contributed by atoms with E-state index in [2.05, 4.69) is 40.9 Å². The molecule has 0 unspecified atom stereocenters. The van der Waals surface area contributed by atoms with Crippen LogP contribution in [0.4, 0.5) is 0 Å². The van der Waals surface area contributed by atoms with Gasteiger partial charge in [0.2, 0.25) is 0 Å². The fraction of sp³-hybridized carbons (Fsp3) is 0.600. The number of hydrogen-bond donors (Lipinski definition) is 0. The SMILES string of the molecule is C=C(C)C(C)(C)C(=C)CC. The van der Waals surface area contributed by atoms with Crippen LogP contribution in [0, 0.1) is 5.41 Å². The van der Waals surface area contributed by atoms with E-state index in [1.807, 2.05) is 0 Å². The molecule has 0 nitrogen and oxygen atoms in total. The van der Waals surface area contributed by atoms with Crippen LogP contribution in [0.2, 0.25) is 0 Å². The Kier molecular flexibility index (Phi) is 2.89. The third-order valence-corrected chi connectivity index (χ3v) is 2.38. The van der Waals surface area contributed by atoms with Crippen LogP contribution < -0.4 is 0 Å². The summed E-state index contributed by atoms with van der Waals surface area (Å²) in [4.78, 5) is 0. The second kappa shape index (κ2) is 3.05. The lowest BCUT2D eigenvalue weighted by Crippen LogP contribution is -2.14. The lowest BCUT2D eigenvalue weighted by molar-refractivity contribution is 0.525. The van der Waals surface area contributed by atoms with Gasteiger partial charge in [-0.3, -0.25) is 0 Å². The van der Waals surface area contributed by atoms with Crippen LogP contribution in [0.15, 0.2) is 24.3 Å². The summed E-state index contributed by atoms with van der Waals surface area (Å²) in [5, 5.41) is 0. The summed E-state index contributed by atoms with van der Waals surface area (Å²) in [6, 6.07) is 0. The summed E-state index contributed by atoms with van der Waals surface area (Å²) in [6.45, 7) is 16.5. The average molecular weight is 138 g/mol. The van der Waals surface area contributed by atoms with Crippen molar-refractivity contribution < 1.29 is 0 Å². The van der Waals surface area contributed by atoms with Crippen molar-refractivity contribution in [3.05, 3.63) is 24.3 Å². The molecule has 0 bridgehead atoms. The van der Waals surface area contributed by atoms with Crippen LogP contribution >= 0.6 is 0 Å². The molecule has 0 aliphatic heterocycles. The normalized spacial score (nSPS) is 11.2. The van der Waals surface area contributed by atoms with Crippen molar-refractivity contribution in [2.24, 2.45) is 5.41 Å². The first-order valence-corrected chi connectivity index (χ1v) is 3.77. The second-order valence-corrected chi connectivity index (χ2v) is 3.36. The van der Waals surface area contributed by atoms with Crippen molar-refractivity contribution in [2.45, 2.75) is 34.1 Å². The first-order chi connectivity index (χ1) is 4.42. The second-order valence-electron chi connectivity index (χ2n) is 3.36. The molecular formula is C10H18. The third kappa shape index (κ3) is 1.73. The van der Waals surface area contributed by atoms with Crippen LogP contribution in [0.25, 0.3) is 0 Å². The Morgan fingerprint density at radius 3 is 1.80 bits per heavy atom. The maximum atomic E-state index is 4.01. The Hall–Kier alpha value is -0.520. The summed E-state index contributed by atoms with van der Waals surface area (Å²) < 4.78 is 0. The van der Waals surface area contributed by atoms with Gasteiger partial charge in [-0.1, -0.05) is 45.1 Å². The van der Waals surface area contributed by atoms with E-state index in [1.54, 1.807) is 0 Å². The first-order valence-electron chi connectivity index (χ1n) is 3.77. The van der Waals surface area contributed by atoms with Gasteiger partial charge in [-0.05, 0) is 13.3 Å². The van der Waals surface area contributed by atoms with E-state index < -0.39 is 0 Å². The number of allylic oxidation sites excluding steroid dienone is 2. The van der Waals surface area contributed by atoms with Crippen LogP contribution in [0.1, 0.15) is 34.1 Å². The fourth-order valence-electron chi connectivity index (χ4n) is 0.744. The van der Waals surface area contributed by atoms with Crippen molar-refractivity contribution in [3.63, 3.8) is 0 Å². The Labute approximate surface area is 64.6 Å². The van der Waals surface area contributed by atoms with Gasteiger partial charge in [0.1, 0.15) is 0 Å². The maximum Gasteiger partial charge on any atom is 0.00557 e. The fourth-order valence-corrected chi connectivity index (χ4v) is 0.744. The Bertz CT molecular complexity index is 149. The molecule has 0 N–H and O–H groups in total. The third-order valence-electron chi connectivity index (χ3n) is 2.38. The zero-order valence-corrected chi connectivity index (χ0v) is 7.62. The van der Waals surface area contributed by atoms with Gasteiger partial charge < -0.3 is 0 Å². The van der Waals surface area contributed by atoms with Gasteiger partial charge in [-0.15, -0.1) is 0 Å². The van der Waals surface area contributed by atoms with Crippen LogP contribution in [-0.2, 0) is 0 Å². The van der Waals surface area contributed by atoms with Crippen LogP contribution in [-0.4, -0.2) is 0 Å². The van der Waals surface area contributed by atoms with E-state index in [1.165, 1.54) is 11.1 Å². The molecule has 0 aromatic carbocycles. The van der Waals surface area contributed by atoms with Crippen LogP contribution in [0.5, 0.6) is 0 Å². The lowest BCUT2D eigenvalue weighted by Gasteiger charge is -2.27. The predicted octanol–water partition coefficient (Wildman–Crippen LogP) is 3.55. The molecular weight excluding hydrogens is 120 g/mol. The summed E-state index contributed by atoms with van der Waals surface area (Å²) in [5.74, 6) is 0. The van der Waals surface area contributed by atoms with Gasteiger partial charge in [0.15, 0.2) is 0 Å². The van der Waals surface area contributed by atoms with E-state index in [-0.39, 0.29) is 5.41 Å². The minimum absolute atomic E-state index is 0.120. The standard InChI is InChI=1S/C10H18/c1-7-9(4)10(5,6)8(2)3/h2,4,7H2,1,3,5-6H3. The van der Waals surface area contributed by atoms with E-state index in [0.717, 1.165) is 6.42 Å². The molecule has 0 spiro atoms. The summed E-state index contributed by atoms with van der Waals surface area (Å²) in [7, 11) is 0. The molecule has 10 heavy (non-hydrogen) atoms. The van der Waals surface area contributed by atoms with E-state index in [0.29, 0.717) is 0 Å². The lowest BCUT2D eigenvalue weighted by atomic mass is 9.78. The molecule has 0 heteroatoms. The number of rotatable bonds is 3. The minimum atomic E-state index is 0.120. The molecule has 0 aromatic heterocycles. The Morgan fingerprint density at radius 1 is 1.30 bits per heavy atom. The molecule has 0 saturated carbocycles. The molecule has 0 amide bonds. The molecule has 0 aliphatic rings. The molecule has 0 saturated heterocycles. The topological polar surface area (TPSA) is 0 Å². The van der Waals surface area contributed by atoms with Crippen LogP contribution in [0.3, 0.4) is 0 Å². The van der Waals surface area contributed by atoms with Gasteiger partial charge in [0.25, 0.3) is 0 Å². The van der Waals surface area contributed by atoms with Crippen molar-refractivity contribution in [2.75, 3.05) is 0 Å². The van der Waals surface area contributed by atoms with Gasteiger partial charge >= 0.3 is 0 Å². The highest BCUT2D eigenvalue weighted by Gasteiger charge is 2.20. The number of hydrogen-bond acceptors (Lipinski definition) is 0. The molecule has 0 aromatic rings. The van der Waals surface area contributed by atoms with Crippen molar-refractivity contribution >= 4 is 0 Å². The summed E-state index contributed by atoms with van der Waals surface area (Å²) in [5.41, 5.74) is 2.58. The van der Waals surface area contributed by atoms with Crippen molar-refractivity contribution in [1.29, 1.82) is 0 Å². The monoisotopic (exact) mass is 138 g/mol. The van der Waals surface area contributed by atoms with Crippen molar-refractivity contribution in [3.8, 4) is 0 Å². The highest BCUT2D eigenvalue weighted by molar-refractivity contribution is 5.20. The summed E-state index contributed by atoms with van der Waals surface area (Å²) >= 11 is 0. The van der Waals surface area contributed by atoms with Gasteiger partial charge in [-0.2, -0.15) is 0 Å². The zero-order chi connectivity index (χ0) is 8.36. The molecule has 0 aliphatic carbocycles.